The zero-order valence-electron chi connectivity index (χ0n) is 17.4. The highest BCUT2D eigenvalue weighted by molar-refractivity contribution is 7.14. The first kappa shape index (κ1) is 20.3. The molecule has 164 valence electrons. The van der Waals surface area contributed by atoms with E-state index in [4.69, 9.17) is 4.74 Å². The van der Waals surface area contributed by atoms with Crippen LogP contribution in [0.4, 0.5) is 0 Å². The second-order valence-electron chi connectivity index (χ2n) is 8.48. The Kier molecular flexibility index (Phi) is 5.30. The van der Waals surface area contributed by atoms with Crippen molar-refractivity contribution in [2.45, 2.75) is 51.5 Å². The van der Waals surface area contributed by atoms with Crippen molar-refractivity contribution in [1.29, 1.82) is 0 Å². The molecule has 1 saturated carbocycles. The van der Waals surface area contributed by atoms with E-state index in [2.05, 4.69) is 25.8 Å². The molecule has 3 aliphatic rings. The van der Waals surface area contributed by atoms with Gasteiger partial charge in [0.05, 0.1) is 16.7 Å². The summed E-state index contributed by atoms with van der Waals surface area (Å²) >= 11 is 1.59. The minimum Gasteiger partial charge on any atom is -0.456 e. The van der Waals surface area contributed by atoms with Crippen molar-refractivity contribution < 1.29 is 14.3 Å². The van der Waals surface area contributed by atoms with E-state index in [-0.39, 0.29) is 23.9 Å². The predicted octanol–water partition coefficient (Wildman–Crippen LogP) is 1.24. The number of aromatic nitrogens is 5. The second kappa shape index (κ2) is 8.12. The fourth-order valence-corrected chi connectivity index (χ4v) is 5.66. The van der Waals surface area contributed by atoms with Crippen LogP contribution in [0.2, 0.25) is 0 Å². The summed E-state index contributed by atoms with van der Waals surface area (Å²) in [5, 5.41) is 15.6. The molecule has 0 atom stereocenters. The topological polar surface area (TPSA) is 115 Å². The third kappa shape index (κ3) is 3.76. The molecule has 1 saturated heterocycles. The van der Waals surface area contributed by atoms with E-state index in [0.717, 1.165) is 55.9 Å². The van der Waals surface area contributed by atoms with Crippen LogP contribution in [0.15, 0.2) is 23.8 Å². The molecule has 2 aromatic rings. The first-order valence-corrected chi connectivity index (χ1v) is 11.5. The lowest BCUT2D eigenvalue weighted by molar-refractivity contribution is -0.138. The minimum atomic E-state index is -0.303. The fourth-order valence-electron chi connectivity index (χ4n) is 4.83. The number of tetrazole rings is 1. The van der Waals surface area contributed by atoms with E-state index in [1.807, 2.05) is 6.20 Å². The Morgan fingerprint density at radius 1 is 1.29 bits per heavy atom. The molecule has 1 N–H and O–H groups in total. The van der Waals surface area contributed by atoms with E-state index < -0.39 is 0 Å². The zero-order valence-corrected chi connectivity index (χ0v) is 18.2. The fraction of sp³-hybridized carbons (Fsp3) is 0.600. The Bertz CT molecular complexity index is 1010. The number of carbonyl (C=O) groups is 2. The van der Waals surface area contributed by atoms with Crippen LogP contribution in [0, 0.1) is 5.41 Å². The van der Waals surface area contributed by atoms with Gasteiger partial charge < -0.3 is 15.0 Å². The van der Waals surface area contributed by atoms with E-state index in [0.29, 0.717) is 18.2 Å². The van der Waals surface area contributed by atoms with Gasteiger partial charge in [-0.3, -0.25) is 4.79 Å². The van der Waals surface area contributed by atoms with Crippen LogP contribution in [-0.4, -0.2) is 67.7 Å². The van der Waals surface area contributed by atoms with Gasteiger partial charge >= 0.3 is 5.97 Å². The smallest absolute Gasteiger partial charge is 0.336 e. The number of rotatable bonds is 6. The van der Waals surface area contributed by atoms with Crippen LogP contribution in [0.25, 0.3) is 5.13 Å². The maximum absolute atomic E-state index is 13.2. The van der Waals surface area contributed by atoms with Crippen molar-refractivity contribution in [3.8, 4) is 5.13 Å². The second-order valence-corrected chi connectivity index (χ2v) is 9.57. The summed E-state index contributed by atoms with van der Waals surface area (Å²) in [5.74, 6) is -0.124. The molecule has 2 aromatic heterocycles. The summed E-state index contributed by atoms with van der Waals surface area (Å²) in [6, 6.07) is 0.428. The van der Waals surface area contributed by atoms with Crippen LogP contribution in [0.1, 0.15) is 43.9 Å². The lowest BCUT2D eigenvalue weighted by atomic mass is 9.71. The van der Waals surface area contributed by atoms with Crippen LogP contribution in [0.5, 0.6) is 0 Å². The van der Waals surface area contributed by atoms with E-state index in [9.17, 15) is 9.59 Å². The number of likely N-dealkylation sites (tertiary alicyclic amines) is 1. The molecule has 1 aliphatic carbocycles. The molecular formula is C20H25N7O3S. The van der Waals surface area contributed by atoms with Gasteiger partial charge in [0.1, 0.15) is 12.9 Å². The maximum Gasteiger partial charge on any atom is 0.336 e. The Morgan fingerprint density at radius 2 is 2.13 bits per heavy atom. The number of hydrogen-bond acceptors (Lipinski definition) is 9. The number of carbonyl (C=O) groups excluding carboxylic acids is 2. The van der Waals surface area contributed by atoms with Crippen molar-refractivity contribution in [3.05, 3.63) is 28.7 Å². The molecule has 0 radical (unpaired) electrons. The summed E-state index contributed by atoms with van der Waals surface area (Å²) in [6.07, 6.45) is 8.95. The summed E-state index contributed by atoms with van der Waals surface area (Å²) in [4.78, 5) is 32.2. The number of hydrogen-bond donors (Lipinski definition) is 1. The summed E-state index contributed by atoms with van der Waals surface area (Å²) < 4.78 is 6.67. The van der Waals surface area contributed by atoms with Crippen LogP contribution >= 0.6 is 11.3 Å². The van der Waals surface area contributed by atoms with E-state index in [1.165, 1.54) is 4.88 Å². The Labute approximate surface area is 183 Å². The first-order chi connectivity index (χ1) is 15.1. The van der Waals surface area contributed by atoms with Gasteiger partial charge in [0.15, 0.2) is 0 Å². The number of thiazole rings is 1. The molecule has 2 aliphatic heterocycles. The molecule has 2 fully saturated rings. The van der Waals surface area contributed by atoms with Gasteiger partial charge in [0.25, 0.3) is 0 Å². The van der Waals surface area contributed by atoms with E-state index >= 15 is 0 Å². The molecule has 1 spiro atoms. The van der Waals surface area contributed by atoms with Crippen LogP contribution in [-0.2, 0) is 20.7 Å². The van der Waals surface area contributed by atoms with Crippen LogP contribution < -0.4 is 5.32 Å². The highest BCUT2D eigenvalue weighted by Crippen LogP contribution is 2.46. The Balaban J connectivity index is 1.11. The predicted molar refractivity (Wildman–Crippen MR) is 111 cm³/mol. The Hall–Kier alpha value is -2.66. The molecule has 0 bridgehead atoms. The van der Waals surface area contributed by atoms with Crippen molar-refractivity contribution >= 4 is 23.2 Å². The molecule has 31 heavy (non-hydrogen) atoms. The average molecular weight is 444 g/mol. The SMILES string of the molecule is CC1=C(N2CCC3(CCC(NCCc4cnc(-n5cnnn5)s4)CC3)C2=O)COC1=O. The summed E-state index contributed by atoms with van der Waals surface area (Å²) in [7, 11) is 0. The number of amides is 1. The number of cyclic esters (lactones) is 1. The standard InChI is InChI=1S/C20H25N7O3S/c1-13-16(11-30-17(13)28)26-9-7-20(18(26)29)5-2-14(3-6-20)21-8-4-15-10-22-19(31-15)27-12-23-24-25-27/h10,12,14,21H,2-9,11H2,1H3. The van der Waals surface area contributed by atoms with Gasteiger partial charge in [-0.15, -0.1) is 5.10 Å². The summed E-state index contributed by atoms with van der Waals surface area (Å²) in [5.41, 5.74) is 1.07. The van der Waals surface area contributed by atoms with Crippen molar-refractivity contribution in [3.63, 3.8) is 0 Å². The van der Waals surface area contributed by atoms with Gasteiger partial charge in [0, 0.05) is 30.2 Å². The average Bonchev–Trinajstić information content (AvgIpc) is 3.56. The number of ether oxygens (including phenoxy) is 1. The van der Waals surface area contributed by atoms with Crippen LogP contribution in [0.3, 0.4) is 0 Å². The molecule has 5 rings (SSSR count). The molecule has 4 heterocycles. The number of nitrogens with zero attached hydrogens (tertiary/aromatic N) is 6. The first-order valence-electron chi connectivity index (χ1n) is 10.7. The highest BCUT2D eigenvalue weighted by atomic mass is 32.1. The van der Waals surface area contributed by atoms with Crippen molar-refractivity contribution in [2.75, 3.05) is 19.7 Å². The number of nitrogens with one attached hydrogen (secondary N) is 1. The molecule has 0 unspecified atom stereocenters. The zero-order chi connectivity index (χ0) is 21.4. The maximum atomic E-state index is 13.2. The van der Waals surface area contributed by atoms with E-state index in [1.54, 1.807) is 34.2 Å². The van der Waals surface area contributed by atoms with Gasteiger partial charge in [-0.25, -0.2) is 9.78 Å². The minimum absolute atomic E-state index is 0.179. The third-order valence-electron chi connectivity index (χ3n) is 6.75. The molecule has 1 amide bonds. The molecule has 0 aromatic carbocycles. The molecule has 10 nitrogen and oxygen atoms in total. The lowest BCUT2D eigenvalue weighted by Crippen LogP contribution is -2.42. The largest absolute Gasteiger partial charge is 0.456 e. The van der Waals surface area contributed by atoms with Gasteiger partial charge in [-0.05, 0) is 55.9 Å². The quantitative estimate of drug-likeness (QED) is 0.663. The normalized spacial score (nSPS) is 26.4. The monoisotopic (exact) mass is 443 g/mol. The van der Waals surface area contributed by atoms with Crippen molar-refractivity contribution in [1.82, 2.24) is 35.4 Å². The Morgan fingerprint density at radius 3 is 2.84 bits per heavy atom. The molecular weight excluding hydrogens is 418 g/mol. The number of esters is 1. The van der Waals surface area contributed by atoms with Gasteiger partial charge in [0.2, 0.25) is 11.0 Å². The highest BCUT2D eigenvalue weighted by Gasteiger charge is 2.50. The third-order valence-corrected chi connectivity index (χ3v) is 7.80. The van der Waals surface area contributed by atoms with Gasteiger partial charge in [-0.1, -0.05) is 11.3 Å². The van der Waals surface area contributed by atoms with Gasteiger partial charge in [-0.2, -0.15) is 4.68 Å². The summed E-state index contributed by atoms with van der Waals surface area (Å²) in [6.45, 7) is 3.54. The lowest BCUT2D eigenvalue weighted by Gasteiger charge is -2.36. The van der Waals surface area contributed by atoms with Crippen molar-refractivity contribution in [2.24, 2.45) is 5.41 Å². The molecule has 11 heteroatoms.